The fourth-order valence-electron chi connectivity index (χ4n) is 1.93. The van der Waals surface area contributed by atoms with Gasteiger partial charge >= 0.3 is 0 Å². The van der Waals surface area contributed by atoms with Crippen LogP contribution in [0.4, 0.5) is 8.78 Å². The molecule has 0 atom stereocenters. The first-order valence-electron chi connectivity index (χ1n) is 5.74. The van der Waals surface area contributed by atoms with Crippen molar-refractivity contribution in [2.24, 2.45) is 0 Å². The maximum absolute atomic E-state index is 13.2. The lowest BCUT2D eigenvalue weighted by atomic mass is 10.1. The smallest absolute Gasteiger partial charge is 0.207 e. The van der Waals surface area contributed by atoms with E-state index in [0.29, 0.717) is 5.56 Å². The second-order valence-electron chi connectivity index (χ2n) is 4.22. The molecule has 5 heteroatoms. The van der Waals surface area contributed by atoms with Crippen LogP contribution in [0.5, 0.6) is 0 Å². The van der Waals surface area contributed by atoms with Crippen molar-refractivity contribution in [3.05, 3.63) is 68.8 Å². The van der Waals surface area contributed by atoms with Gasteiger partial charge in [0.2, 0.25) is 5.43 Å². The monoisotopic (exact) mass is 336 g/mol. The van der Waals surface area contributed by atoms with Gasteiger partial charge in [0.1, 0.15) is 21.7 Å². The molecule has 0 spiro atoms. The first-order chi connectivity index (χ1) is 9.56. The molecule has 0 aliphatic heterocycles. The SMILES string of the molecule is O=c1c(Br)c(-c2ccc(F)cc2)oc2ccc(F)cc12. The average molecular weight is 337 g/mol. The van der Waals surface area contributed by atoms with Crippen LogP contribution in [0.15, 0.2) is 56.1 Å². The Labute approximate surface area is 120 Å². The third-order valence-corrected chi connectivity index (χ3v) is 3.62. The summed E-state index contributed by atoms with van der Waals surface area (Å²) in [6.07, 6.45) is 0. The van der Waals surface area contributed by atoms with Crippen molar-refractivity contribution in [2.45, 2.75) is 0 Å². The highest BCUT2D eigenvalue weighted by Crippen LogP contribution is 2.29. The molecular weight excluding hydrogens is 330 g/mol. The van der Waals surface area contributed by atoms with Crippen molar-refractivity contribution in [2.75, 3.05) is 0 Å². The van der Waals surface area contributed by atoms with Gasteiger partial charge in [-0.05, 0) is 58.4 Å². The quantitative estimate of drug-likeness (QED) is 0.654. The van der Waals surface area contributed by atoms with Gasteiger partial charge in [0, 0.05) is 5.56 Å². The highest BCUT2D eigenvalue weighted by Gasteiger charge is 2.14. The van der Waals surface area contributed by atoms with Crippen molar-refractivity contribution >= 4 is 26.9 Å². The number of hydrogen-bond acceptors (Lipinski definition) is 2. The summed E-state index contributed by atoms with van der Waals surface area (Å²) >= 11 is 3.16. The Morgan fingerprint density at radius 1 is 0.950 bits per heavy atom. The van der Waals surface area contributed by atoms with Gasteiger partial charge in [-0.25, -0.2) is 8.78 Å². The average Bonchev–Trinajstić information content (AvgIpc) is 2.44. The zero-order chi connectivity index (χ0) is 14.3. The maximum atomic E-state index is 13.2. The number of halogens is 3. The number of fused-ring (bicyclic) bond motifs is 1. The predicted octanol–water partition coefficient (Wildman–Crippen LogP) is 4.50. The molecule has 0 radical (unpaired) electrons. The van der Waals surface area contributed by atoms with Gasteiger partial charge in [-0.15, -0.1) is 0 Å². The Kier molecular flexibility index (Phi) is 3.14. The van der Waals surface area contributed by atoms with Crippen LogP contribution < -0.4 is 5.43 Å². The second kappa shape index (κ2) is 4.83. The summed E-state index contributed by atoms with van der Waals surface area (Å²) in [5.41, 5.74) is 0.464. The van der Waals surface area contributed by atoms with Crippen LogP contribution >= 0.6 is 15.9 Å². The number of benzene rings is 2. The molecule has 3 aromatic rings. The minimum atomic E-state index is -0.508. The molecule has 0 bridgehead atoms. The van der Waals surface area contributed by atoms with E-state index in [0.717, 1.165) is 6.07 Å². The molecule has 100 valence electrons. The Hall–Kier alpha value is -2.01. The van der Waals surface area contributed by atoms with Gasteiger partial charge in [-0.2, -0.15) is 0 Å². The lowest BCUT2D eigenvalue weighted by molar-refractivity contribution is 0.605. The molecule has 0 fully saturated rings. The topological polar surface area (TPSA) is 30.2 Å². The van der Waals surface area contributed by atoms with Crippen molar-refractivity contribution in [1.82, 2.24) is 0 Å². The van der Waals surface area contributed by atoms with Gasteiger partial charge in [-0.3, -0.25) is 4.79 Å². The molecule has 0 N–H and O–H groups in total. The van der Waals surface area contributed by atoms with E-state index in [2.05, 4.69) is 15.9 Å². The fraction of sp³-hybridized carbons (Fsp3) is 0. The van der Waals surface area contributed by atoms with E-state index in [4.69, 9.17) is 4.42 Å². The third kappa shape index (κ3) is 2.14. The largest absolute Gasteiger partial charge is 0.455 e. The first kappa shape index (κ1) is 13.0. The van der Waals surface area contributed by atoms with Crippen LogP contribution in [0.2, 0.25) is 0 Å². The first-order valence-corrected chi connectivity index (χ1v) is 6.53. The van der Waals surface area contributed by atoms with Crippen LogP contribution in [0.1, 0.15) is 0 Å². The molecule has 3 rings (SSSR count). The molecular formula is C15H7BrF2O2. The zero-order valence-electron chi connectivity index (χ0n) is 9.99. The highest BCUT2D eigenvalue weighted by atomic mass is 79.9. The van der Waals surface area contributed by atoms with Crippen LogP contribution in [-0.4, -0.2) is 0 Å². The highest BCUT2D eigenvalue weighted by molar-refractivity contribution is 9.10. The summed E-state index contributed by atoms with van der Waals surface area (Å²) in [6.45, 7) is 0. The number of rotatable bonds is 1. The van der Waals surface area contributed by atoms with Crippen LogP contribution in [-0.2, 0) is 0 Å². The molecule has 0 saturated carbocycles. The summed E-state index contributed by atoms with van der Waals surface area (Å²) < 4.78 is 31.9. The van der Waals surface area contributed by atoms with Crippen molar-refractivity contribution in [1.29, 1.82) is 0 Å². The minimum Gasteiger partial charge on any atom is -0.455 e. The molecule has 0 amide bonds. The third-order valence-electron chi connectivity index (χ3n) is 2.90. The summed E-state index contributed by atoms with van der Waals surface area (Å²) in [4.78, 5) is 12.2. The molecule has 1 aromatic heterocycles. The lowest BCUT2D eigenvalue weighted by Crippen LogP contribution is -2.04. The Morgan fingerprint density at radius 3 is 2.30 bits per heavy atom. The van der Waals surface area contributed by atoms with E-state index >= 15 is 0 Å². The Morgan fingerprint density at radius 2 is 1.60 bits per heavy atom. The van der Waals surface area contributed by atoms with E-state index in [-0.39, 0.29) is 32.4 Å². The normalized spacial score (nSPS) is 10.9. The molecule has 2 aromatic carbocycles. The summed E-state index contributed by atoms with van der Waals surface area (Å²) in [5, 5.41) is 0.155. The lowest BCUT2D eigenvalue weighted by Gasteiger charge is -2.06. The maximum Gasteiger partial charge on any atom is 0.207 e. The second-order valence-corrected chi connectivity index (χ2v) is 5.01. The fourth-order valence-corrected chi connectivity index (χ4v) is 2.46. The van der Waals surface area contributed by atoms with E-state index in [1.165, 1.54) is 36.4 Å². The predicted molar refractivity (Wildman–Crippen MR) is 75.5 cm³/mol. The van der Waals surface area contributed by atoms with Gasteiger partial charge in [0.05, 0.1) is 5.39 Å². The van der Waals surface area contributed by atoms with E-state index in [1.54, 1.807) is 0 Å². The molecule has 2 nitrogen and oxygen atoms in total. The molecule has 0 unspecified atom stereocenters. The van der Waals surface area contributed by atoms with Gasteiger partial charge < -0.3 is 4.42 Å². The summed E-state index contributed by atoms with van der Waals surface area (Å²) in [7, 11) is 0. The van der Waals surface area contributed by atoms with Crippen LogP contribution in [0.25, 0.3) is 22.3 Å². The van der Waals surface area contributed by atoms with Gasteiger partial charge in [-0.1, -0.05) is 0 Å². The van der Waals surface area contributed by atoms with Crippen molar-refractivity contribution in [3.8, 4) is 11.3 Å². The standard InChI is InChI=1S/C15H7BrF2O2/c16-13-14(19)11-7-10(18)5-6-12(11)20-15(13)8-1-3-9(17)4-2-8/h1-7H. The van der Waals surface area contributed by atoms with Crippen LogP contribution in [0.3, 0.4) is 0 Å². The van der Waals surface area contributed by atoms with Gasteiger partial charge in [0.25, 0.3) is 0 Å². The minimum absolute atomic E-state index is 0.155. The Balaban J connectivity index is 2.32. The molecule has 0 aliphatic carbocycles. The van der Waals surface area contributed by atoms with E-state index in [1.807, 2.05) is 0 Å². The summed E-state index contributed by atoms with van der Waals surface area (Å²) in [6, 6.07) is 9.30. The Bertz CT molecular complexity index is 854. The van der Waals surface area contributed by atoms with E-state index < -0.39 is 5.82 Å². The van der Waals surface area contributed by atoms with Crippen molar-refractivity contribution < 1.29 is 13.2 Å². The van der Waals surface area contributed by atoms with Crippen molar-refractivity contribution in [3.63, 3.8) is 0 Å². The molecule has 0 saturated heterocycles. The molecule has 0 aliphatic rings. The zero-order valence-corrected chi connectivity index (χ0v) is 11.6. The molecule has 1 heterocycles. The van der Waals surface area contributed by atoms with E-state index in [9.17, 15) is 13.6 Å². The van der Waals surface area contributed by atoms with Gasteiger partial charge in [0.15, 0.2) is 5.76 Å². The van der Waals surface area contributed by atoms with Crippen LogP contribution in [0, 0.1) is 11.6 Å². The number of hydrogen-bond donors (Lipinski definition) is 0. The molecule has 20 heavy (non-hydrogen) atoms. The summed E-state index contributed by atoms with van der Waals surface area (Å²) in [5.74, 6) is -0.601.